The molecule has 0 aliphatic heterocycles. The van der Waals surface area contributed by atoms with Crippen LogP contribution in [0.5, 0.6) is 5.75 Å². The first-order valence-electron chi connectivity index (χ1n) is 7.43. The van der Waals surface area contributed by atoms with Crippen molar-refractivity contribution in [2.75, 3.05) is 0 Å². The van der Waals surface area contributed by atoms with Gasteiger partial charge in [-0.05, 0) is 44.2 Å². The summed E-state index contributed by atoms with van der Waals surface area (Å²) in [7, 11) is 0. The van der Waals surface area contributed by atoms with Crippen LogP contribution < -0.4 is 4.74 Å². The first-order valence-corrected chi connectivity index (χ1v) is 7.43. The highest BCUT2D eigenvalue weighted by atomic mass is 19.4. The largest absolute Gasteiger partial charge is 0.491 e. The van der Waals surface area contributed by atoms with Gasteiger partial charge in [0.15, 0.2) is 11.3 Å². The summed E-state index contributed by atoms with van der Waals surface area (Å²) >= 11 is 0. The number of hydrogen-bond donors (Lipinski definition) is 0. The van der Waals surface area contributed by atoms with E-state index in [1.807, 2.05) is 13.8 Å². The number of fused-ring (bicyclic) bond motifs is 1. The van der Waals surface area contributed by atoms with Crippen molar-refractivity contribution in [3.63, 3.8) is 0 Å². The third kappa shape index (κ3) is 3.26. The van der Waals surface area contributed by atoms with E-state index in [-0.39, 0.29) is 23.0 Å². The lowest BCUT2D eigenvalue weighted by molar-refractivity contribution is -0.142. The molecule has 0 saturated carbocycles. The van der Waals surface area contributed by atoms with E-state index in [0.717, 1.165) is 12.3 Å². The summed E-state index contributed by atoms with van der Waals surface area (Å²) in [6.07, 6.45) is -3.57. The lowest BCUT2D eigenvalue weighted by atomic mass is 10.1. The molecular formula is C17H13F3N4O. The fourth-order valence-electron chi connectivity index (χ4n) is 2.37. The zero-order chi connectivity index (χ0) is 18.2. The topological polar surface area (TPSA) is 63.2 Å². The van der Waals surface area contributed by atoms with Crippen LogP contribution in [-0.2, 0) is 6.18 Å². The average molecular weight is 346 g/mol. The minimum absolute atomic E-state index is 0.0119. The Bertz CT molecular complexity index is 953. The van der Waals surface area contributed by atoms with Gasteiger partial charge in [-0.15, -0.1) is 0 Å². The number of benzene rings is 1. The fraction of sp³-hybridized carbons (Fsp3) is 0.235. The summed E-state index contributed by atoms with van der Waals surface area (Å²) < 4.78 is 46.2. The van der Waals surface area contributed by atoms with Gasteiger partial charge in [0.05, 0.1) is 18.0 Å². The number of nitrogens with zero attached hydrogens (tertiary/aromatic N) is 4. The van der Waals surface area contributed by atoms with Crippen molar-refractivity contribution < 1.29 is 17.9 Å². The van der Waals surface area contributed by atoms with Gasteiger partial charge in [0.2, 0.25) is 0 Å². The predicted octanol–water partition coefficient (Wildman–Crippen LogP) is 4.07. The highest BCUT2D eigenvalue weighted by Gasteiger charge is 2.35. The number of aromatic nitrogens is 3. The van der Waals surface area contributed by atoms with Crippen LogP contribution in [0.15, 0.2) is 36.5 Å². The summed E-state index contributed by atoms with van der Waals surface area (Å²) in [5, 5.41) is 12.7. The quantitative estimate of drug-likeness (QED) is 0.717. The van der Waals surface area contributed by atoms with Crippen molar-refractivity contribution in [2.24, 2.45) is 0 Å². The number of nitriles is 1. The summed E-state index contributed by atoms with van der Waals surface area (Å²) in [6, 6.07) is 9.29. The molecule has 0 atom stereocenters. The van der Waals surface area contributed by atoms with Crippen LogP contribution in [0.3, 0.4) is 0 Å². The number of alkyl halides is 3. The average Bonchev–Trinajstić information content (AvgIpc) is 2.96. The van der Waals surface area contributed by atoms with Gasteiger partial charge in [0.1, 0.15) is 17.4 Å². The minimum Gasteiger partial charge on any atom is -0.491 e. The lowest BCUT2D eigenvalue weighted by Crippen LogP contribution is -2.13. The summed E-state index contributed by atoms with van der Waals surface area (Å²) in [5.41, 5.74) is -0.555. The summed E-state index contributed by atoms with van der Waals surface area (Å²) in [4.78, 5) is 4.18. The molecule has 0 N–H and O–H groups in total. The molecule has 2 heterocycles. The molecule has 5 nitrogen and oxygen atoms in total. The van der Waals surface area contributed by atoms with Crippen LogP contribution in [0.4, 0.5) is 13.2 Å². The van der Waals surface area contributed by atoms with E-state index in [2.05, 4.69) is 10.1 Å². The van der Waals surface area contributed by atoms with Crippen molar-refractivity contribution in [3.8, 4) is 23.1 Å². The monoisotopic (exact) mass is 346 g/mol. The molecule has 0 radical (unpaired) electrons. The van der Waals surface area contributed by atoms with Gasteiger partial charge in [-0.1, -0.05) is 0 Å². The Balaban J connectivity index is 2.14. The van der Waals surface area contributed by atoms with Crippen LogP contribution in [0.1, 0.15) is 25.1 Å². The molecule has 2 aromatic heterocycles. The first-order chi connectivity index (χ1) is 11.8. The Morgan fingerprint density at radius 3 is 2.44 bits per heavy atom. The third-order valence-corrected chi connectivity index (χ3v) is 3.40. The minimum atomic E-state index is -4.63. The molecule has 0 fully saturated rings. The van der Waals surface area contributed by atoms with Gasteiger partial charge in [0, 0.05) is 5.56 Å². The van der Waals surface area contributed by atoms with E-state index in [4.69, 9.17) is 10.00 Å². The zero-order valence-corrected chi connectivity index (χ0v) is 13.4. The smallest absolute Gasteiger partial charge is 0.433 e. The van der Waals surface area contributed by atoms with Gasteiger partial charge in [0.25, 0.3) is 0 Å². The number of rotatable bonds is 3. The molecule has 3 aromatic rings. The Morgan fingerprint density at radius 2 is 1.88 bits per heavy atom. The standard InChI is InChI=1S/C17H13F3N4O/c1-10(2)25-13-5-3-11(4-6-13)14-7-15(17(18,19)20)24-16(23-14)12(8-21)9-22-24/h3-7,9-10H,1-2H3. The van der Waals surface area contributed by atoms with E-state index in [1.54, 1.807) is 30.3 Å². The summed E-state index contributed by atoms with van der Waals surface area (Å²) in [6.45, 7) is 3.75. The lowest BCUT2D eigenvalue weighted by Gasteiger charge is -2.12. The molecule has 0 unspecified atom stereocenters. The number of halogens is 3. The van der Waals surface area contributed by atoms with Gasteiger partial charge in [-0.2, -0.15) is 23.5 Å². The normalized spacial score (nSPS) is 11.7. The first kappa shape index (κ1) is 16.8. The van der Waals surface area contributed by atoms with Gasteiger partial charge in [-0.25, -0.2) is 9.50 Å². The second-order valence-electron chi connectivity index (χ2n) is 5.62. The molecule has 0 spiro atoms. The Morgan fingerprint density at radius 1 is 1.20 bits per heavy atom. The Labute approximate surface area is 141 Å². The highest BCUT2D eigenvalue weighted by molar-refractivity contribution is 5.66. The molecule has 3 rings (SSSR count). The van der Waals surface area contributed by atoms with Crippen LogP contribution >= 0.6 is 0 Å². The second-order valence-corrected chi connectivity index (χ2v) is 5.62. The van der Waals surface area contributed by atoms with E-state index in [0.29, 0.717) is 15.8 Å². The predicted molar refractivity (Wildman–Crippen MR) is 83.9 cm³/mol. The molecule has 25 heavy (non-hydrogen) atoms. The molecule has 128 valence electrons. The third-order valence-electron chi connectivity index (χ3n) is 3.40. The van der Waals surface area contributed by atoms with E-state index < -0.39 is 11.9 Å². The molecule has 0 aliphatic rings. The Hall–Kier alpha value is -3.08. The van der Waals surface area contributed by atoms with Crippen molar-refractivity contribution >= 4 is 5.65 Å². The van der Waals surface area contributed by atoms with Crippen LogP contribution in [0.25, 0.3) is 16.9 Å². The summed E-state index contributed by atoms with van der Waals surface area (Å²) in [5.74, 6) is 0.609. The SMILES string of the molecule is CC(C)Oc1ccc(-c2cc(C(F)(F)F)n3ncc(C#N)c3n2)cc1. The van der Waals surface area contributed by atoms with Gasteiger partial charge in [-0.3, -0.25) is 0 Å². The molecule has 0 saturated heterocycles. The van der Waals surface area contributed by atoms with E-state index in [9.17, 15) is 13.2 Å². The van der Waals surface area contributed by atoms with Crippen molar-refractivity contribution in [3.05, 3.63) is 47.8 Å². The van der Waals surface area contributed by atoms with Gasteiger partial charge >= 0.3 is 6.18 Å². The second kappa shape index (κ2) is 6.09. The van der Waals surface area contributed by atoms with Crippen LogP contribution in [0, 0.1) is 11.3 Å². The van der Waals surface area contributed by atoms with Crippen molar-refractivity contribution in [1.82, 2.24) is 14.6 Å². The van der Waals surface area contributed by atoms with Crippen molar-refractivity contribution in [2.45, 2.75) is 26.1 Å². The van der Waals surface area contributed by atoms with Crippen molar-refractivity contribution in [1.29, 1.82) is 5.26 Å². The van der Waals surface area contributed by atoms with Crippen LogP contribution in [0.2, 0.25) is 0 Å². The molecule has 0 bridgehead atoms. The van der Waals surface area contributed by atoms with E-state index in [1.165, 1.54) is 0 Å². The maximum atomic E-state index is 13.3. The fourth-order valence-corrected chi connectivity index (χ4v) is 2.37. The molecule has 1 aromatic carbocycles. The zero-order valence-electron chi connectivity index (χ0n) is 13.4. The molecule has 0 amide bonds. The molecule has 0 aliphatic carbocycles. The highest BCUT2D eigenvalue weighted by Crippen LogP contribution is 2.33. The molecular weight excluding hydrogens is 333 g/mol. The number of ether oxygens (including phenoxy) is 1. The van der Waals surface area contributed by atoms with Gasteiger partial charge < -0.3 is 4.74 Å². The molecule has 8 heteroatoms. The number of hydrogen-bond acceptors (Lipinski definition) is 4. The maximum absolute atomic E-state index is 13.3. The van der Waals surface area contributed by atoms with E-state index >= 15 is 0 Å². The Kier molecular flexibility index (Phi) is 4.08. The maximum Gasteiger partial charge on any atom is 0.433 e. The van der Waals surface area contributed by atoms with Crippen LogP contribution in [-0.4, -0.2) is 20.7 Å².